The van der Waals surface area contributed by atoms with Gasteiger partial charge >= 0.3 is 5.97 Å². The van der Waals surface area contributed by atoms with Crippen LogP contribution in [0.3, 0.4) is 0 Å². The molecule has 4 aliphatic heterocycles. The zero-order valence-electron chi connectivity index (χ0n) is 45.1. The molecule has 4 saturated heterocycles. The molecule has 36 nitrogen and oxygen atoms in total. The van der Waals surface area contributed by atoms with Crippen LogP contribution < -0.4 is 31.9 Å². The Labute approximate surface area is 473 Å². The van der Waals surface area contributed by atoms with Crippen LogP contribution in [0, 0.1) is 0 Å². The van der Waals surface area contributed by atoms with Gasteiger partial charge in [0.1, 0.15) is 79.3 Å². The van der Waals surface area contributed by atoms with E-state index in [1.165, 1.54) is 0 Å². The summed E-state index contributed by atoms with van der Waals surface area (Å²) < 4.78 is 31.9. The van der Waals surface area contributed by atoms with Gasteiger partial charge in [0.05, 0.1) is 65.8 Å². The maximum Gasteiger partial charge on any atom is 0.333 e. The number of amides is 8. The Kier molecular flexibility index (Phi) is 30.3. The lowest BCUT2D eigenvalue weighted by molar-refractivity contribution is -0.300. The summed E-state index contributed by atoms with van der Waals surface area (Å²) in [7, 11) is 0. The molecule has 0 saturated carbocycles. The van der Waals surface area contributed by atoms with Crippen molar-refractivity contribution in [1.29, 1.82) is 0 Å². The molecule has 4 aliphatic rings. The van der Waals surface area contributed by atoms with E-state index >= 15 is 0 Å². The minimum atomic E-state index is -1.75. The summed E-state index contributed by atoms with van der Waals surface area (Å²) >= 11 is 0. The lowest BCUT2D eigenvalue weighted by Gasteiger charge is -2.39. The first kappa shape index (κ1) is 70.2. The van der Waals surface area contributed by atoms with Crippen LogP contribution in [0.25, 0.3) is 0 Å². The van der Waals surface area contributed by atoms with Gasteiger partial charge in [-0.25, -0.2) is 4.79 Å². The average molecular weight is 1200 g/mol. The second kappa shape index (κ2) is 35.8. The van der Waals surface area contributed by atoms with Gasteiger partial charge in [0.2, 0.25) is 35.4 Å². The van der Waals surface area contributed by atoms with Crippen molar-refractivity contribution in [3.63, 3.8) is 0 Å². The molecule has 8 amide bonds. The third-order valence-corrected chi connectivity index (χ3v) is 13.1. The van der Waals surface area contributed by atoms with E-state index in [2.05, 4.69) is 31.9 Å². The Morgan fingerprint density at radius 2 is 0.904 bits per heavy atom. The molecule has 4 fully saturated rings. The number of imide groups is 1. The summed E-state index contributed by atoms with van der Waals surface area (Å²) in [4.78, 5) is 120. The fourth-order valence-electron chi connectivity index (χ4n) is 8.42. The predicted molar refractivity (Wildman–Crippen MR) is 267 cm³/mol. The highest BCUT2D eigenvalue weighted by molar-refractivity contribution is 6.01. The lowest BCUT2D eigenvalue weighted by atomic mass is 9.99. The van der Waals surface area contributed by atoms with Gasteiger partial charge in [0.15, 0.2) is 18.9 Å². The van der Waals surface area contributed by atoms with Crippen molar-refractivity contribution >= 4 is 53.2 Å². The lowest BCUT2D eigenvalue weighted by Crippen LogP contribution is -2.59. The molecule has 36 heteroatoms. The largest absolute Gasteiger partial charge is 0.394 e. The Hall–Kier alpha value is -5.33. The molecule has 474 valence electrons. The molecule has 4 heterocycles. The van der Waals surface area contributed by atoms with Gasteiger partial charge in [-0.1, -0.05) is 6.42 Å². The number of carbonyl (C=O) groups excluding carboxylic acids is 9. The van der Waals surface area contributed by atoms with Crippen LogP contribution in [0.4, 0.5) is 0 Å². The van der Waals surface area contributed by atoms with E-state index < -0.39 is 197 Å². The van der Waals surface area contributed by atoms with Gasteiger partial charge in [-0.05, 0) is 19.3 Å². The number of ether oxygens (including phenoxy) is 6. The molecular weight excluding hydrogens is 1120 g/mol. The third-order valence-electron chi connectivity index (χ3n) is 13.1. The fourth-order valence-corrected chi connectivity index (χ4v) is 8.42. The normalized spacial score (nSPS) is 29.4. The van der Waals surface area contributed by atoms with Crippen molar-refractivity contribution in [2.24, 2.45) is 0 Å². The first-order valence-corrected chi connectivity index (χ1v) is 26.7. The standard InChI is InChI=1S/C47H78N8O28/c56-20-24-35(67)38(70)41(73)45(80-24)77-13-10-49-29(61)17-54(18-30(62)50-11-14-78-46-42(74)39(71)36(68)25(21-57)81-46)19-31(63)52-16-28(60)53-23(44(76)51-12-15-79-47-43(75)40(72)37(69)26(22-58)82-47)5-6-27(59)48-9-3-1-2-4-34(66)83-55-32(64)7-8-33(55)65/h23-26,35-43,45-47,56-58,67-75H,1-22H2,(H,48,59)(H,49,61)(H,50,62)(H,51,76)(H,52,63)(H,53,60)/t23-,24+,25+,26+,35+,36+,37+,38-,39-,40-,41-,42-,43-,45-,46-,47-/m0/s1. The molecule has 0 aromatic heterocycles. The van der Waals surface area contributed by atoms with Gasteiger partial charge in [0.25, 0.3) is 11.8 Å². The SMILES string of the molecule is O=C(CC[C@H](NC(=O)CNC(=O)CN(CC(=O)NCCO[C@H]1O[C@H](CO)[C@@H](O)[C@H](O)[C@@H]1O)CC(=O)NCCO[C@H]1O[C@H](CO)[C@@H](O)[C@H](O)[C@@H]1O)C(=O)NCCO[C@H]1O[C@H](CO)[C@@H](O)[C@H](O)[C@@H]1O)NCCCCCC(=O)ON1C(=O)CCC1=O. The summed E-state index contributed by atoms with van der Waals surface area (Å²) in [5.74, 6) is -6.93. The van der Waals surface area contributed by atoms with Crippen LogP contribution >= 0.6 is 0 Å². The maximum atomic E-state index is 13.4. The topological polar surface area (TPSA) is 540 Å². The molecule has 0 radical (unpaired) electrons. The van der Waals surface area contributed by atoms with Crippen molar-refractivity contribution < 1.29 is 138 Å². The highest BCUT2D eigenvalue weighted by Gasteiger charge is 2.46. The molecule has 0 aromatic rings. The molecule has 0 aliphatic carbocycles. The number of hydrogen-bond acceptors (Lipinski definition) is 29. The van der Waals surface area contributed by atoms with Gasteiger partial charge in [-0.2, -0.15) is 0 Å². The Morgan fingerprint density at radius 1 is 0.494 bits per heavy atom. The van der Waals surface area contributed by atoms with E-state index in [1.54, 1.807) is 0 Å². The molecule has 0 spiro atoms. The molecule has 16 atom stereocenters. The zero-order valence-corrected chi connectivity index (χ0v) is 45.1. The van der Waals surface area contributed by atoms with Crippen molar-refractivity contribution in [1.82, 2.24) is 41.9 Å². The average Bonchev–Trinajstić information content (AvgIpc) is 4.05. The summed E-state index contributed by atoms with van der Waals surface area (Å²) in [6, 6.07) is -1.45. The summed E-state index contributed by atoms with van der Waals surface area (Å²) in [6.45, 7) is -6.82. The highest BCUT2D eigenvalue weighted by Crippen LogP contribution is 2.24. The van der Waals surface area contributed by atoms with Crippen molar-refractivity contribution in [2.45, 2.75) is 150 Å². The Balaban J connectivity index is 1.32. The molecule has 4 rings (SSSR count). The van der Waals surface area contributed by atoms with Gasteiger partial charge in [-0.15, -0.1) is 5.06 Å². The van der Waals surface area contributed by atoms with E-state index in [4.69, 9.17) is 33.3 Å². The zero-order chi connectivity index (χ0) is 61.3. The monoisotopic (exact) mass is 1200 g/mol. The fraction of sp³-hybridized carbons (Fsp3) is 0.809. The molecule has 0 bridgehead atoms. The number of hydrogen-bond donors (Lipinski definition) is 18. The number of rotatable bonds is 35. The predicted octanol–water partition coefficient (Wildman–Crippen LogP) is -12.2. The minimum Gasteiger partial charge on any atom is -0.394 e. The van der Waals surface area contributed by atoms with Crippen LogP contribution in [-0.2, 0) is 76.4 Å². The summed E-state index contributed by atoms with van der Waals surface area (Å²) in [6.07, 6.45) is -23.6. The third kappa shape index (κ3) is 22.6. The van der Waals surface area contributed by atoms with Crippen LogP contribution in [-0.4, -0.2) is 315 Å². The molecule has 83 heavy (non-hydrogen) atoms. The van der Waals surface area contributed by atoms with Crippen LogP contribution in [0.5, 0.6) is 0 Å². The second-order valence-electron chi connectivity index (χ2n) is 19.5. The van der Waals surface area contributed by atoms with Gasteiger partial charge in [0, 0.05) is 51.9 Å². The van der Waals surface area contributed by atoms with Crippen molar-refractivity contribution in [3.8, 4) is 0 Å². The van der Waals surface area contributed by atoms with E-state index in [9.17, 15) is 104 Å². The first-order valence-electron chi connectivity index (χ1n) is 26.7. The van der Waals surface area contributed by atoms with E-state index in [-0.39, 0.29) is 78.1 Å². The summed E-state index contributed by atoms with van der Waals surface area (Å²) in [5.41, 5.74) is 0. The number of carbonyl (C=O) groups is 9. The number of unbranched alkanes of at least 4 members (excludes halogenated alkanes) is 2. The molecule has 0 unspecified atom stereocenters. The number of nitrogens with one attached hydrogen (secondary N) is 6. The Bertz CT molecular complexity index is 2040. The van der Waals surface area contributed by atoms with Crippen molar-refractivity contribution in [2.75, 3.05) is 92.0 Å². The van der Waals surface area contributed by atoms with Gasteiger partial charge in [-0.3, -0.25) is 43.3 Å². The summed E-state index contributed by atoms with van der Waals surface area (Å²) in [5, 5.41) is 134. The quantitative estimate of drug-likeness (QED) is 0.0207. The molecule has 18 N–H and O–H groups in total. The van der Waals surface area contributed by atoms with E-state index in [0.717, 1.165) is 4.90 Å². The van der Waals surface area contributed by atoms with Crippen LogP contribution in [0.1, 0.15) is 51.4 Å². The van der Waals surface area contributed by atoms with Crippen molar-refractivity contribution in [3.05, 3.63) is 0 Å². The van der Waals surface area contributed by atoms with E-state index in [1.807, 2.05) is 0 Å². The van der Waals surface area contributed by atoms with Crippen LogP contribution in [0.2, 0.25) is 0 Å². The maximum absolute atomic E-state index is 13.4. The number of nitrogens with zero attached hydrogens (tertiary/aromatic N) is 2. The first-order chi connectivity index (χ1) is 39.5. The molecule has 0 aromatic carbocycles. The minimum absolute atomic E-state index is 0.0596. The number of aliphatic hydroxyl groups is 12. The molecular formula is C47H78N8O28. The second-order valence-corrected chi connectivity index (χ2v) is 19.5. The van der Waals surface area contributed by atoms with E-state index in [0.29, 0.717) is 24.3 Å². The smallest absolute Gasteiger partial charge is 0.333 e. The number of hydroxylamine groups is 2. The van der Waals surface area contributed by atoms with Gasteiger partial charge < -0.3 is 126 Å². The van der Waals surface area contributed by atoms with Crippen LogP contribution in [0.15, 0.2) is 0 Å². The number of aliphatic hydroxyl groups excluding tert-OH is 12. The highest BCUT2D eigenvalue weighted by atomic mass is 16.7. The Morgan fingerprint density at radius 3 is 1.34 bits per heavy atom.